The maximum absolute atomic E-state index is 4.96. The monoisotopic (exact) mass is 335 g/mol. The predicted molar refractivity (Wildman–Crippen MR) is 107 cm³/mol. The van der Waals surface area contributed by atoms with E-state index in [2.05, 4.69) is 54.6 Å². The van der Waals surface area contributed by atoms with Crippen LogP contribution in [0.3, 0.4) is 0 Å². The second kappa shape index (κ2) is 5.81. The van der Waals surface area contributed by atoms with Gasteiger partial charge < -0.3 is 0 Å². The third-order valence-corrected chi connectivity index (χ3v) is 4.74. The SMILES string of the molecule is Cc1nc2ccccc2c2c(-c3ccccc3)n(-c3ccccc3)nc12. The summed E-state index contributed by atoms with van der Waals surface area (Å²) >= 11 is 0. The first-order valence-electron chi connectivity index (χ1n) is 8.72. The standard InChI is InChI=1S/C23H17N3/c1-16-22-21(19-14-8-9-15-20(19)24-16)23(17-10-4-2-5-11-17)26(25-22)18-12-6-3-7-13-18/h2-15H,1H3. The quantitative estimate of drug-likeness (QED) is 0.423. The number of para-hydroxylation sites is 2. The van der Waals surface area contributed by atoms with Crippen LogP contribution in [0.25, 0.3) is 38.8 Å². The van der Waals surface area contributed by atoms with Gasteiger partial charge in [0.05, 0.1) is 22.6 Å². The Balaban J connectivity index is 2.00. The van der Waals surface area contributed by atoms with Gasteiger partial charge >= 0.3 is 0 Å². The fraction of sp³-hybridized carbons (Fsp3) is 0.0435. The highest BCUT2D eigenvalue weighted by atomic mass is 15.3. The second-order valence-electron chi connectivity index (χ2n) is 6.40. The summed E-state index contributed by atoms with van der Waals surface area (Å²) in [6, 6.07) is 29.0. The Bertz CT molecular complexity index is 1220. The highest BCUT2D eigenvalue weighted by Crippen LogP contribution is 2.36. The molecule has 0 aliphatic rings. The number of benzene rings is 3. The zero-order chi connectivity index (χ0) is 17.5. The van der Waals surface area contributed by atoms with Crippen molar-refractivity contribution in [2.24, 2.45) is 0 Å². The summed E-state index contributed by atoms with van der Waals surface area (Å²) in [4.78, 5) is 4.77. The third kappa shape index (κ3) is 2.21. The first-order valence-corrected chi connectivity index (χ1v) is 8.72. The Morgan fingerprint density at radius 2 is 1.38 bits per heavy atom. The Hall–Kier alpha value is -3.46. The maximum Gasteiger partial charge on any atom is 0.115 e. The van der Waals surface area contributed by atoms with Crippen LogP contribution in [0.1, 0.15) is 5.69 Å². The molecule has 0 saturated heterocycles. The molecule has 0 N–H and O–H groups in total. The van der Waals surface area contributed by atoms with Crippen LogP contribution in [-0.4, -0.2) is 14.8 Å². The van der Waals surface area contributed by atoms with Gasteiger partial charge in [-0.05, 0) is 25.1 Å². The van der Waals surface area contributed by atoms with E-state index in [-0.39, 0.29) is 0 Å². The normalized spacial score (nSPS) is 11.3. The fourth-order valence-electron chi connectivity index (χ4n) is 3.56. The van der Waals surface area contributed by atoms with Crippen molar-refractivity contribution < 1.29 is 0 Å². The summed E-state index contributed by atoms with van der Waals surface area (Å²) < 4.78 is 2.04. The molecule has 0 aliphatic heterocycles. The lowest BCUT2D eigenvalue weighted by molar-refractivity contribution is 0.901. The van der Waals surface area contributed by atoms with Gasteiger partial charge in [-0.1, -0.05) is 66.7 Å². The zero-order valence-corrected chi connectivity index (χ0v) is 14.4. The fourth-order valence-corrected chi connectivity index (χ4v) is 3.56. The molecule has 124 valence electrons. The summed E-state index contributed by atoms with van der Waals surface area (Å²) in [6.07, 6.45) is 0. The first kappa shape index (κ1) is 14.8. The Labute approximate surface area is 151 Å². The molecule has 0 atom stereocenters. The minimum absolute atomic E-state index is 0.950. The Morgan fingerprint density at radius 3 is 2.15 bits per heavy atom. The van der Waals surface area contributed by atoms with Crippen molar-refractivity contribution in [1.29, 1.82) is 0 Å². The van der Waals surface area contributed by atoms with E-state index in [1.165, 1.54) is 0 Å². The molecule has 0 aliphatic carbocycles. The topological polar surface area (TPSA) is 30.7 Å². The summed E-state index contributed by atoms with van der Waals surface area (Å²) in [5.74, 6) is 0. The maximum atomic E-state index is 4.96. The molecular weight excluding hydrogens is 318 g/mol. The third-order valence-electron chi connectivity index (χ3n) is 4.74. The van der Waals surface area contributed by atoms with Crippen molar-refractivity contribution in [3.63, 3.8) is 0 Å². The molecule has 3 heteroatoms. The van der Waals surface area contributed by atoms with E-state index in [0.717, 1.165) is 44.4 Å². The van der Waals surface area contributed by atoms with Crippen LogP contribution >= 0.6 is 0 Å². The number of rotatable bonds is 2. The summed E-state index contributed by atoms with van der Waals surface area (Å²) in [7, 11) is 0. The van der Waals surface area contributed by atoms with Gasteiger partial charge in [0.15, 0.2) is 0 Å². The molecule has 26 heavy (non-hydrogen) atoms. The molecule has 0 spiro atoms. The number of nitrogens with zero attached hydrogens (tertiary/aromatic N) is 3. The molecule has 3 aromatic carbocycles. The number of aromatic nitrogens is 3. The van der Waals surface area contributed by atoms with Crippen molar-refractivity contribution in [2.75, 3.05) is 0 Å². The van der Waals surface area contributed by atoms with Gasteiger partial charge in [-0.25, -0.2) is 4.68 Å². The van der Waals surface area contributed by atoms with Crippen molar-refractivity contribution in [2.45, 2.75) is 6.92 Å². The van der Waals surface area contributed by atoms with E-state index in [1.54, 1.807) is 0 Å². The van der Waals surface area contributed by atoms with Crippen molar-refractivity contribution in [3.8, 4) is 16.9 Å². The summed E-state index contributed by atoms with van der Waals surface area (Å²) in [5.41, 5.74) is 6.20. The van der Waals surface area contributed by atoms with Crippen LogP contribution in [0.5, 0.6) is 0 Å². The van der Waals surface area contributed by atoms with Crippen molar-refractivity contribution >= 4 is 21.8 Å². The van der Waals surface area contributed by atoms with Gasteiger partial charge in [-0.15, -0.1) is 0 Å². The van der Waals surface area contributed by atoms with E-state index < -0.39 is 0 Å². The minimum atomic E-state index is 0.950. The molecule has 0 saturated carbocycles. The van der Waals surface area contributed by atoms with Crippen LogP contribution in [0, 0.1) is 6.92 Å². The van der Waals surface area contributed by atoms with Crippen molar-refractivity contribution in [1.82, 2.24) is 14.8 Å². The molecule has 2 aromatic heterocycles. The first-order chi connectivity index (χ1) is 12.8. The summed E-state index contributed by atoms with van der Waals surface area (Å²) in [6.45, 7) is 2.03. The number of pyridine rings is 1. The number of fused-ring (bicyclic) bond motifs is 3. The Kier molecular flexibility index (Phi) is 3.32. The predicted octanol–water partition coefficient (Wildman–Crippen LogP) is 5.55. The molecule has 0 amide bonds. The molecule has 0 radical (unpaired) electrons. The molecule has 2 heterocycles. The molecule has 5 rings (SSSR count). The molecular formula is C23H17N3. The van der Waals surface area contributed by atoms with Gasteiger partial charge in [0, 0.05) is 16.3 Å². The highest BCUT2D eigenvalue weighted by Gasteiger charge is 2.19. The average Bonchev–Trinajstić information content (AvgIpc) is 3.11. The van der Waals surface area contributed by atoms with Gasteiger partial charge in [0.1, 0.15) is 5.52 Å². The van der Waals surface area contributed by atoms with Gasteiger partial charge in [-0.2, -0.15) is 5.10 Å². The van der Waals surface area contributed by atoms with Crippen molar-refractivity contribution in [3.05, 3.63) is 90.6 Å². The number of aryl methyl sites for hydroxylation is 1. The molecule has 5 aromatic rings. The van der Waals surface area contributed by atoms with E-state index in [1.807, 2.05) is 41.9 Å². The zero-order valence-electron chi connectivity index (χ0n) is 14.4. The smallest absolute Gasteiger partial charge is 0.115 e. The van der Waals surface area contributed by atoms with Crippen LogP contribution in [-0.2, 0) is 0 Å². The molecule has 0 fully saturated rings. The molecule has 0 bridgehead atoms. The molecule has 0 unspecified atom stereocenters. The highest BCUT2D eigenvalue weighted by molar-refractivity contribution is 6.12. The number of hydrogen-bond acceptors (Lipinski definition) is 2. The Morgan fingerprint density at radius 1 is 0.731 bits per heavy atom. The van der Waals surface area contributed by atoms with Gasteiger partial charge in [-0.3, -0.25) is 4.98 Å². The van der Waals surface area contributed by atoms with Gasteiger partial charge in [0.25, 0.3) is 0 Å². The van der Waals surface area contributed by atoms with Crippen LogP contribution in [0.15, 0.2) is 84.9 Å². The molecule has 3 nitrogen and oxygen atoms in total. The largest absolute Gasteiger partial charge is 0.251 e. The van der Waals surface area contributed by atoms with E-state index >= 15 is 0 Å². The number of hydrogen-bond donors (Lipinski definition) is 0. The van der Waals surface area contributed by atoms with E-state index in [4.69, 9.17) is 10.1 Å². The summed E-state index contributed by atoms with van der Waals surface area (Å²) in [5, 5.41) is 7.25. The lowest BCUT2D eigenvalue weighted by Gasteiger charge is -2.09. The lowest BCUT2D eigenvalue weighted by Crippen LogP contribution is -1.98. The van der Waals surface area contributed by atoms with Crippen LogP contribution in [0.2, 0.25) is 0 Å². The van der Waals surface area contributed by atoms with E-state index in [9.17, 15) is 0 Å². The lowest BCUT2D eigenvalue weighted by atomic mass is 10.0. The van der Waals surface area contributed by atoms with Gasteiger partial charge in [0.2, 0.25) is 0 Å². The van der Waals surface area contributed by atoms with Crippen LogP contribution in [0.4, 0.5) is 0 Å². The second-order valence-corrected chi connectivity index (χ2v) is 6.40. The minimum Gasteiger partial charge on any atom is -0.251 e. The van der Waals surface area contributed by atoms with Crippen LogP contribution < -0.4 is 0 Å². The average molecular weight is 335 g/mol. The van der Waals surface area contributed by atoms with E-state index in [0.29, 0.717) is 0 Å².